The highest BCUT2D eigenvalue weighted by Gasteiger charge is 2.32. The zero-order valence-electron chi connectivity index (χ0n) is 15.6. The average molecular weight is 426 g/mol. The molecule has 1 saturated heterocycles. The molecule has 156 valence electrons. The van der Waals surface area contributed by atoms with Gasteiger partial charge in [-0.25, -0.2) is 8.42 Å². The highest BCUT2D eigenvalue weighted by Crippen LogP contribution is 2.31. The van der Waals surface area contributed by atoms with Crippen LogP contribution in [0.4, 0.5) is 13.2 Å². The van der Waals surface area contributed by atoms with Crippen LogP contribution in [-0.2, 0) is 22.6 Å². The van der Waals surface area contributed by atoms with E-state index in [4.69, 9.17) is 0 Å². The monoisotopic (exact) mass is 426 g/mol. The van der Waals surface area contributed by atoms with E-state index in [1.54, 1.807) is 0 Å². The number of benzene rings is 2. The normalized spacial score (nSPS) is 15.4. The van der Waals surface area contributed by atoms with Crippen LogP contribution in [0, 0.1) is 0 Å². The van der Waals surface area contributed by atoms with E-state index in [-0.39, 0.29) is 29.0 Å². The third kappa shape index (κ3) is 4.97. The number of hydrogen-bond donors (Lipinski definition) is 1. The molecule has 0 spiro atoms. The van der Waals surface area contributed by atoms with Gasteiger partial charge in [-0.3, -0.25) is 4.79 Å². The molecule has 1 N–H and O–H groups in total. The van der Waals surface area contributed by atoms with Crippen LogP contribution >= 0.6 is 0 Å². The number of alkyl halides is 3. The maximum Gasteiger partial charge on any atom is 0.416 e. The van der Waals surface area contributed by atoms with Crippen molar-refractivity contribution in [1.82, 2.24) is 9.62 Å². The van der Waals surface area contributed by atoms with E-state index in [2.05, 4.69) is 5.32 Å². The van der Waals surface area contributed by atoms with Crippen molar-refractivity contribution in [2.75, 3.05) is 19.6 Å². The van der Waals surface area contributed by atoms with Gasteiger partial charge in [-0.05, 0) is 49.1 Å². The van der Waals surface area contributed by atoms with Crippen molar-refractivity contribution in [1.29, 1.82) is 0 Å². The summed E-state index contributed by atoms with van der Waals surface area (Å²) < 4.78 is 65.7. The molecule has 9 heteroatoms. The van der Waals surface area contributed by atoms with Crippen LogP contribution in [-0.4, -0.2) is 38.3 Å². The van der Waals surface area contributed by atoms with E-state index < -0.39 is 27.7 Å². The van der Waals surface area contributed by atoms with Crippen LogP contribution < -0.4 is 5.32 Å². The summed E-state index contributed by atoms with van der Waals surface area (Å²) in [4.78, 5) is 12.4. The fourth-order valence-electron chi connectivity index (χ4n) is 3.30. The minimum Gasteiger partial charge on any atom is -0.352 e. The molecular formula is C20H21F3N2O3S. The highest BCUT2D eigenvalue weighted by molar-refractivity contribution is 7.89. The number of rotatable bonds is 6. The van der Waals surface area contributed by atoms with Crippen LogP contribution in [0.15, 0.2) is 53.4 Å². The first-order valence-corrected chi connectivity index (χ1v) is 10.7. The fourth-order valence-corrected chi connectivity index (χ4v) is 4.87. The molecule has 5 nitrogen and oxygen atoms in total. The number of amides is 1. The summed E-state index contributed by atoms with van der Waals surface area (Å²) >= 11 is 0. The van der Waals surface area contributed by atoms with E-state index in [1.807, 2.05) is 0 Å². The molecule has 1 fully saturated rings. The predicted molar refractivity (Wildman–Crippen MR) is 102 cm³/mol. The Labute approximate surface area is 167 Å². The molecule has 1 amide bonds. The Balaban J connectivity index is 1.67. The summed E-state index contributed by atoms with van der Waals surface area (Å²) in [7, 11) is -3.65. The first-order chi connectivity index (χ1) is 13.7. The molecule has 0 aromatic heterocycles. The van der Waals surface area contributed by atoms with Crippen LogP contribution in [0.1, 0.15) is 34.3 Å². The lowest BCUT2D eigenvalue weighted by atomic mass is 10.0. The molecule has 0 unspecified atom stereocenters. The lowest BCUT2D eigenvalue weighted by molar-refractivity contribution is -0.138. The van der Waals surface area contributed by atoms with E-state index in [0.717, 1.165) is 18.9 Å². The van der Waals surface area contributed by atoms with Gasteiger partial charge < -0.3 is 5.32 Å². The topological polar surface area (TPSA) is 66.5 Å². The van der Waals surface area contributed by atoms with Gasteiger partial charge in [-0.2, -0.15) is 17.5 Å². The minimum absolute atomic E-state index is 0.00493. The van der Waals surface area contributed by atoms with Gasteiger partial charge in [0.15, 0.2) is 0 Å². The lowest BCUT2D eigenvalue weighted by Gasteiger charge is -2.16. The van der Waals surface area contributed by atoms with Crippen molar-refractivity contribution in [2.45, 2.75) is 30.3 Å². The molecule has 1 aliphatic heterocycles. The number of hydrogen-bond acceptors (Lipinski definition) is 3. The van der Waals surface area contributed by atoms with Crippen LogP contribution in [0.3, 0.4) is 0 Å². The first kappa shape index (κ1) is 21.3. The molecule has 2 aromatic carbocycles. The summed E-state index contributed by atoms with van der Waals surface area (Å²) in [5.41, 5.74) is -0.493. The van der Waals surface area contributed by atoms with E-state index in [9.17, 15) is 26.4 Å². The molecule has 0 aliphatic carbocycles. The second-order valence-corrected chi connectivity index (χ2v) is 8.74. The number of nitrogens with zero attached hydrogens (tertiary/aromatic N) is 1. The highest BCUT2D eigenvalue weighted by atomic mass is 32.2. The second kappa shape index (κ2) is 8.54. The molecule has 29 heavy (non-hydrogen) atoms. The van der Waals surface area contributed by atoms with Crippen LogP contribution in [0.5, 0.6) is 0 Å². The van der Waals surface area contributed by atoms with Gasteiger partial charge >= 0.3 is 6.18 Å². The Bertz CT molecular complexity index is 984. The van der Waals surface area contributed by atoms with Crippen molar-refractivity contribution < 1.29 is 26.4 Å². The van der Waals surface area contributed by atoms with Crippen molar-refractivity contribution in [3.05, 3.63) is 65.2 Å². The largest absolute Gasteiger partial charge is 0.416 e. The molecule has 1 heterocycles. The fraction of sp³-hybridized carbons (Fsp3) is 0.350. The Morgan fingerprint density at radius 3 is 2.41 bits per heavy atom. The number of carbonyl (C=O) groups excluding carboxylic acids is 1. The van der Waals surface area contributed by atoms with Gasteiger partial charge in [0.2, 0.25) is 10.0 Å². The Hall–Kier alpha value is -2.39. The van der Waals surface area contributed by atoms with E-state index in [0.29, 0.717) is 13.1 Å². The summed E-state index contributed by atoms with van der Waals surface area (Å²) in [6, 6.07) is 10.9. The third-order valence-corrected chi connectivity index (χ3v) is 6.70. The number of nitrogens with one attached hydrogen (secondary N) is 1. The third-order valence-electron chi connectivity index (χ3n) is 4.80. The van der Waals surface area contributed by atoms with E-state index >= 15 is 0 Å². The summed E-state index contributed by atoms with van der Waals surface area (Å²) in [5, 5.41) is 2.56. The zero-order chi connectivity index (χ0) is 21.1. The van der Waals surface area contributed by atoms with Gasteiger partial charge in [0.05, 0.1) is 10.5 Å². The minimum atomic E-state index is -4.46. The van der Waals surface area contributed by atoms with Gasteiger partial charge in [-0.15, -0.1) is 0 Å². The molecule has 0 atom stereocenters. The quantitative estimate of drug-likeness (QED) is 0.769. The molecule has 1 aliphatic rings. The smallest absolute Gasteiger partial charge is 0.352 e. The molecule has 0 saturated carbocycles. The average Bonchev–Trinajstić information content (AvgIpc) is 3.23. The van der Waals surface area contributed by atoms with E-state index in [1.165, 1.54) is 46.8 Å². The summed E-state index contributed by atoms with van der Waals surface area (Å²) in [6.45, 7) is 0.907. The van der Waals surface area contributed by atoms with Crippen molar-refractivity contribution in [3.8, 4) is 0 Å². The van der Waals surface area contributed by atoms with Crippen molar-refractivity contribution >= 4 is 15.9 Å². The zero-order valence-corrected chi connectivity index (χ0v) is 16.4. The Morgan fingerprint density at radius 1 is 1.03 bits per heavy atom. The molecule has 3 rings (SSSR count). The maximum absolute atomic E-state index is 13.0. The predicted octanol–water partition coefficient (Wildman–Crippen LogP) is 3.46. The number of carbonyl (C=O) groups is 1. The molecular weight excluding hydrogens is 405 g/mol. The summed E-state index contributed by atoms with van der Waals surface area (Å²) in [5.74, 6) is -0.534. The lowest BCUT2D eigenvalue weighted by Crippen LogP contribution is -2.29. The maximum atomic E-state index is 13.0. The Kier molecular flexibility index (Phi) is 6.28. The van der Waals surface area contributed by atoms with Crippen LogP contribution in [0.2, 0.25) is 0 Å². The SMILES string of the molecule is O=C(NCCc1ccccc1C(F)(F)F)c1cccc(S(=O)(=O)N2CCCC2)c1. The molecule has 2 aromatic rings. The molecule has 0 bridgehead atoms. The second-order valence-electron chi connectivity index (χ2n) is 6.80. The van der Waals surface area contributed by atoms with Gasteiger partial charge in [0.1, 0.15) is 0 Å². The van der Waals surface area contributed by atoms with Gasteiger partial charge in [-0.1, -0.05) is 24.3 Å². The number of halogens is 3. The first-order valence-electron chi connectivity index (χ1n) is 9.23. The Morgan fingerprint density at radius 2 is 1.72 bits per heavy atom. The van der Waals surface area contributed by atoms with Gasteiger partial charge in [0.25, 0.3) is 5.91 Å². The standard InChI is InChI=1S/C20H21F3N2O3S/c21-20(22,23)18-9-2-1-6-15(18)10-11-24-19(26)16-7-5-8-17(14-16)29(27,28)25-12-3-4-13-25/h1-2,5-9,14H,3-4,10-13H2,(H,24,26). The number of sulfonamides is 1. The van der Waals surface area contributed by atoms with Gasteiger partial charge in [0, 0.05) is 25.2 Å². The van der Waals surface area contributed by atoms with Crippen molar-refractivity contribution in [2.24, 2.45) is 0 Å². The van der Waals surface area contributed by atoms with Crippen molar-refractivity contribution in [3.63, 3.8) is 0 Å². The molecule has 0 radical (unpaired) electrons. The van der Waals surface area contributed by atoms with Crippen LogP contribution in [0.25, 0.3) is 0 Å². The summed E-state index contributed by atoms with van der Waals surface area (Å²) in [6.07, 6.45) is -2.84.